The van der Waals surface area contributed by atoms with Gasteiger partial charge in [0.15, 0.2) is 15.5 Å². The number of amides is 1. The van der Waals surface area contributed by atoms with E-state index < -0.39 is 15.7 Å². The highest BCUT2D eigenvalue weighted by Gasteiger charge is 2.35. The van der Waals surface area contributed by atoms with Gasteiger partial charge in [0.2, 0.25) is 0 Å². The van der Waals surface area contributed by atoms with Crippen LogP contribution >= 0.6 is 11.6 Å². The summed E-state index contributed by atoms with van der Waals surface area (Å²) in [4.78, 5) is 13.3. The predicted octanol–water partition coefficient (Wildman–Crippen LogP) is 4.26. The number of nitrogens with zero attached hydrogens (tertiary/aromatic N) is 3. The standard InChI is InChI=1S/C25H24ClFN4O3S/c26-19-6-10-21(11-7-19)31-24-18(14-17-4-8-20(27)9-5-17)15-35(33,34)16-22(24)23(28-31)25(32)29-30-12-2-1-3-13-30/h4-11,14H,1-3,12-13,15-16H2,(H,29,32)/b18-14+. The van der Waals surface area contributed by atoms with Crippen LogP contribution in [0.2, 0.25) is 5.02 Å². The number of rotatable bonds is 4. The highest BCUT2D eigenvalue weighted by molar-refractivity contribution is 7.91. The van der Waals surface area contributed by atoms with Crippen molar-refractivity contribution in [2.24, 2.45) is 0 Å². The molecule has 2 aromatic carbocycles. The Kier molecular flexibility index (Phi) is 6.48. The molecule has 3 heterocycles. The lowest BCUT2D eigenvalue weighted by Crippen LogP contribution is -2.45. The van der Waals surface area contributed by atoms with E-state index in [1.807, 2.05) is 5.01 Å². The van der Waals surface area contributed by atoms with Crippen LogP contribution in [-0.4, -0.2) is 48.0 Å². The van der Waals surface area contributed by atoms with Crippen molar-refractivity contribution in [3.63, 3.8) is 0 Å². The summed E-state index contributed by atoms with van der Waals surface area (Å²) in [6, 6.07) is 12.7. The van der Waals surface area contributed by atoms with Crippen molar-refractivity contribution < 1.29 is 17.6 Å². The van der Waals surface area contributed by atoms with Crippen molar-refractivity contribution in [3.8, 4) is 5.69 Å². The van der Waals surface area contributed by atoms with Crippen LogP contribution in [-0.2, 0) is 15.6 Å². The van der Waals surface area contributed by atoms with Gasteiger partial charge in [-0.2, -0.15) is 5.10 Å². The van der Waals surface area contributed by atoms with Crippen LogP contribution in [0.4, 0.5) is 4.39 Å². The van der Waals surface area contributed by atoms with Crippen LogP contribution in [0.15, 0.2) is 48.5 Å². The van der Waals surface area contributed by atoms with Gasteiger partial charge in [0, 0.05) is 23.7 Å². The Balaban J connectivity index is 1.65. The van der Waals surface area contributed by atoms with E-state index in [0.29, 0.717) is 33.1 Å². The van der Waals surface area contributed by atoms with Gasteiger partial charge in [-0.25, -0.2) is 22.5 Å². The number of piperidine rings is 1. The monoisotopic (exact) mass is 514 g/mol. The lowest BCUT2D eigenvalue weighted by Gasteiger charge is -2.26. The van der Waals surface area contributed by atoms with Crippen LogP contribution in [0.1, 0.15) is 46.6 Å². The summed E-state index contributed by atoms with van der Waals surface area (Å²) in [5.74, 6) is -1.33. The molecule has 1 aromatic heterocycles. The maximum atomic E-state index is 13.4. The van der Waals surface area contributed by atoms with E-state index in [-0.39, 0.29) is 23.0 Å². The average molecular weight is 515 g/mol. The van der Waals surface area contributed by atoms with Crippen molar-refractivity contribution in [3.05, 3.63) is 81.9 Å². The minimum Gasteiger partial charge on any atom is -0.283 e. The molecule has 0 aliphatic carbocycles. The number of hydrogen-bond acceptors (Lipinski definition) is 5. The number of benzene rings is 2. The van der Waals surface area contributed by atoms with Crippen LogP contribution in [0.5, 0.6) is 0 Å². The predicted molar refractivity (Wildman–Crippen MR) is 133 cm³/mol. The molecule has 2 aliphatic rings. The van der Waals surface area contributed by atoms with E-state index in [1.54, 1.807) is 47.2 Å². The summed E-state index contributed by atoms with van der Waals surface area (Å²) < 4.78 is 40.9. The largest absolute Gasteiger partial charge is 0.286 e. The Morgan fingerprint density at radius 2 is 1.69 bits per heavy atom. The number of fused-ring (bicyclic) bond motifs is 1. The number of sulfone groups is 1. The Labute approximate surface area is 208 Å². The van der Waals surface area contributed by atoms with Gasteiger partial charge < -0.3 is 0 Å². The minimum atomic E-state index is -3.55. The molecule has 35 heavy (non-hydrogen) atoms. The third kappa shape index (κ3) is 5.17. The van der Waals surface area contributed by atoms with Gasteiger partial charge in [0.1, 0.15) is 5.82 Å². The number of nitrogens with one attached hydrogen (secondary N) is 1. The molecular weight excluding hydrogens is 491 g/mol. The number of aromatic nitrogens is 2. The molecule has 1 N–H and O–H groups in total. The van der Waals surface area contributed by atoms with E-state index in [2.05, 4.69) is 10.5 Å². The fraction of sp³-hybridized carbons (Fsp3) is 0.280. The van der Waals surface area contributed by atoms with Crippen LogP contribution < -0.4 is 5.43 Å². The Morgan fingerprint density at radius 3 is 2.37 bits per heavy atom. The molecule has 1 fully saturated rings. The molecule has 7 nitrogen and oxygen atoms in total. The summed E-state index contributed by atoms with van der Waals surface area (Å²) in [5, 5.41) is 7.00. The first kappa shape index (κ1) is 23.7. The highest BCUT2D eigenvalue weighted by atomic mass is 35.5. The lowest BCUT2D eigenvalue weighted by molar-refractivity contribution is 0.0743. The molecule has 3 aromatic rings. The minimum absolute atomic E-state index is 0.0776. The normalized spacial score (nSPS) is 18.9. The smallest absolute Gasteiger partial charge is 0.283 e. The number of carbonyl (C=O) groups excluding carboxylic acids is 1. The van der Waals surface area contributed by atoms with Crippen molar-refractivity contribution in [1.29, 1.82) is 0 Å². The number of hydrogen-bond donors (Lipinski definition) is 1. The first-order chi connectivity index (χ1) is 16.8. The van der Waals surface area contributed by atoms with E-state index in [4.69, 9.17) is 11.6 Å². The molecule has 1 saturated heterocycles. The van der Waals surface area contributed by atoms with Crippen LogP contribution in [0.25, 0.3) is 17.3 Å². The molecule has 0 spiro atoms. The summed E-state index contributed by atoms with van der Waals surface area (Å²) in [5.41, 5.74) is 5.66. The van der Waals surface area contributed by atoms with Gasteiger partial charge in [0.25, 0.3) is 5.91 Å². The van der Waals surface area contributed by atoms with Gasteiger partial charge in [-0.05, 0) is 66.5 Å². The SMILES string of the molecule is O=C(NN1CCCCC1)c1nn(-c2ccc(Cl)cc2)c2c1CS(=O)(=O)C/C2=C\c1ccc(F)cc1. The van der Waals surface area contributed by atoms with Gasteiger partial charge in [-0.3, -0.25) is 10.2 Å². The average Bonchev–Trinajstić information content (AvgIpc) is 3.20. The second-order valence-electron chi connectivity index (χ2n) is 8.81. The van der Waals surface area contributed by atoms with E-state index in [1.165, 1.54) is 12.1 Å². The third-order valence-electron chi connectivity index (χ3n) is 6.14. The van der Waals surface area contributed by atoms with Crippen LogP contribution in [0, 0.1) is 5.82 Å². The molecule has 5 rings (SSSR count). The summed E-state index contributed by atoms with van der Waals surface area (Å²) in [6.07, 6.45) is 4.78. The fourth-order valence-corrected chi connectivity index (χ4v) is 6.15. The second kappa shape index (κ2) is 9.56. The number of halogens is 2. The highest BCUT2D eigenvalue weighted by Crippen LogP contribution is 2.35. The summed E-state index contributed by atoms with van der Waals surface area (Å²) >= 11 is 6.07. The number of carbonyl (C=O) groups is 1. The van der Waals surface area contributed by atoms with Crippen molar-refractivity contribution >= 4 is 39.0 Å². The Hall–Kier alpha value is -3.01. The van der Waals surface area contributed by atoms with Crippen molar-refractivity contribution in [1.82, 2.24) is 20.2 Å². The van der Waals surface area contributed by atoms with E-state index in [0.717, 1.165) is 32.4 Å². The first-order valence-corrected chi connectivity index (χ1v) is 13.6. The molecule has 0 radical (unpaired) electrons. The topological polar surface area (TPSA) is 84.3 Å². The second-order valence-corrected chi connectivity index (χ2v) is 11.3. The summed E-state index contributed by atoms with van der Waals surface area (Å²) in [6.45, 7) is 1.47. The van der Waals surface area contributed by atoms with E-state index >= 15 is 0 Å². The van der Waals surface area contributed by atoms with E-state index in [9.17, 15) is 17.6 Å². The Bertz CT molecular complexity index is 1390. The molecule has 182 valence electrons. The molecule has 0 bridgehead atoms. The molecule has 0 unspecified atom stereocenters. The van der Waals surface area contributed by atoms with Crippen molar-refractivity contribution in [2.75, 3.05) is 18.8 Å². The first-order valence-electron chi connectivity index (χ1n) is 11.4. The molecular formula is C25H24ClFN4O3S. The van der Waals surface area contributed by atoms with Gasteiger partial charge in [-0.15, -0.1) is 0 Å². The molecule has 2 aliphatic heterocycles. The molecule has 0 saturated carbocycles. The summed E-state index contributed by atoms with van der Waals surface area (Å²) in [7, 11) is -3.55. The van der Waals surface area contributed by atoms with Crippen LogP contribution in [0.3, 0.4) is 0 Å². The number of hydrazine groups is 1. The molecule has 0 atom stereocenters. The van der Waals surface area contributed by atoms with Gasteiger partial charge in [-0.1, -0.05) is 30.2 Å². The lowest BCUT2D eigenvalue weighted by atomic mass is 10.0. The zero-order chi connectivity index (χ0) is 24.6. The molecule has 1 amide bonds. The van der Waals surface area contributed by atoms with Gasteiger partial charge in [0.05, 0.1) is 22.9 Å². The zero-order valence-corrected chi connectivity index (χ0v) is 20.4. The van der Waals surface area contributed by atoms with Crippen molar-refractivity contribution in [2.45, 2.75) is 25.0 Å². The zero-order valence-electron chi connectivity index (χ0n) is 18.9. The fourth-order valence-electron chi connectivity index (χ4n) is 4.52. The quantitative estimate of drug-likeness (QED) is 0.562. The third-order valence-corrected chi connectivity index (χ3v) is 7.87. The molecule has 10 heteroatoms. The maximum Gasteiger partial charge on any atom is 0.286 e. The Morgan fingerprint density at radius 1 is 1.00 bits per heavy atom. The maximum absolute atomic E-state index is 13.4. The van der Waals surface area contributed by atoms with Gasteiger partial charge >= 0.3 is 0 Å².